The van der Waals surface area contributed by atoms with Gasteiger partial charge in [0, 0.05) is 14.7 Å². The van der Waals surface area contributed by atoms with Crippen molar-refractivity contribution in [2.75, 3.05) is 6.61 Å². The number of unbranched alkanes of at least 4 members (excludes halogenated alkanes) is 4. The summed E-state index contributed by atoms with van der Waals surface area (Å²) in [4.78, 5) is 0. The Balaban J connectivity index is 3.01. The van der Waals surface area contributed by atoms with Gasteiger partial charge in [0.15, 0.2) is 0 Å². The second-order valence-corrected chi connectivity index (χ2v) is 10.4. The highest BCUT2D eigenvalue weighted by atomic mass is 28.3. The number of hydrogen-bond donors (Lipinski definition) is 1. The molecule has 0 saturated carbocycles. The Morgan fingerprint density at radius 1 is 0.833 bits per heavy atom. The predicted octanol–water partition coefficient (Wildman–Crippen LogP) is 3.27. The van der Waals surface area contributed by atoms with E-state index in [1.54, 1.807) is 0 Å². The summed E-state index contributed by atoms with van der Waals surface area (Å²) in [7, 11) is -0.775. The normalized spacial score (nSPS) is 12.0. The highest BCUT2D eigenvalue weighted by molar-refractivity contribution is 6.76. The molecule has 74 valence electrons. The summed E-state index contributed by atoms with van der Waals surface area (Å²) in [6, 6.07) is 1.46. The molecular weight excluding hydrogens is 164 g/mol. The SMILES string of the molecule is C[Si](C)(C)CCCCCCCO. The standard InChI is InChI=1S/C10H24OSi/c1-12(2,3)10-8-6-4-5-7-9-11/h11H,4-10H2,1-3H3. The van der Waals surface area contributed by atoms with E-state index in [0.29, 0.717) is 6.61 Å². The summed E-state index contributed by atoms with van der Waals surface area (Å²) >= 11 is 0. The van der Waals surface area contributed by atoms with Crippen molar-refractivity contribution in [3.63, 3.8) is 0 Å². The topological polar surface area (TPSA) is 20.2 Å². The zero-order chi connectivity index (χ0) is 9.45. The maximum atomic E-state index is 8.56. The smallest absolute Gasteiger partial charge is 0.0442 e. The molecule has 0 heterocycles. The van der Waals surface area contributed by atoms with Gasteiger partial charge in [0.1, 0.15) is 0 Å². The van der Waals surface area contributed by atoms with Crippen LogP contribution in [0.4, 0.5) is 0 Å². The van der Waals surface area contributed by atoms with E-state index in [4.69, 9.17) is 5.11 Å². The number of aliphatic hydroxyl groups is 1. The van der Waals surface area contributed by atoms with Crippen LogP contribution in [-0.2, 0) is 0 Å². The van der Waals surface area contributed by atoms with Crippen LogP contribution in [0.25, 0.3) is 0 Å². The minimum atomic E-state index is -0.775. The van der Waals surface area contributed by atoms with Crippen molar-refractivity contribution in [1.29, 1.82) is 0 Å². The van der Waals surface area contributed by atoms with Crippen LogP contribution in [0.15, 0.2) is 0 Å². The van der Waals surface area contributed by atoms with Crippen LogP contribution in [0.5, 0.6) is 0 Å². The third-order valence-corrected chi connectivity index (χ3v) is 3.94. The second-order valence-electron chi connectivity index (χ2n) is 4.80. The van der Waals surface area contributed by atoms with E-state index in [1.807, 2.05) is 0 Å². The maximum absolute atomic E-state index is 8.56. The summed E-state index contributed by atoms with van der Waals surface area (Å²) in [6.45, 7) is 7.66. The van der Waals surface area contributed by atoms with E-state index in [2.05, 4.69) is 19.6 Å². The third kappa shape index (κ3) is 10.2. The van der Waals surface area contributed by atoms with Crippen LogP contribution in [0.2, 0.25) is 25.7 Å². The van der Waals surface area contributed by atoms with Gasteiger partial charge in [0.25, 0.3) is 0 Å². The van der Waals surface area contributed by atoms with Gasteiger partial charge in [0.2, 0.25) is 0 Å². The predicted molar refractivity (Wildman–Crippen MR) is 58.3 cm³/mol. The molecule has 0 saturated heterocycles. The van der Waals surface area contributed by atoms with Gasteiger partial charge in [0.05, 0.1) is 0 Å². The number of rotatable bonds is 7. The molecule has 0 spiro atoms. The minimum Gasteiger partial charge on any atom is -0.396 e. The van der Waals surface area contributed by atoms with E-state index < -0.39 is 8.07 Å². The molecule has 0 bridgehead atoms. The highest BCUT2D eigenvalue weighted by Gasteiger charge is 2.11. The molecule has 0 aliphatic rings. The van der Waals surface area contributed by atoms with Crippen LogP contribution >= 0.6 is 0 Å². The Morgan fingerprint density at radius 2 is 1.33 bits per heavy atom. The molecule has 0 aliphatic carbocycles. The average molecular weight is 188 g/mol. The van der Waals surface area contributed by atoms with Gasteiger partial charge < -0.3 is 5.11 Å². The molecule has 1 nitrogen and oxygen atoms in total. The Morgan fingerprint density at radius 3 is 1.83 bits per heavy atom. The summed E-state index contributed by atoms with van der Waals surface area (Å²) in [5.74, 6) is 0. The molecule has 0 amide bonds. The lowest BCUT2D eigenvalue weighted by Gasteiger charge is -2.14. The van der Waals surface area contributed by atoms with Crippen molar-refractivity contribution in [3.8, 4) is 0 Å². The lowest BCUT2D eigenvalue weighted by atomic mass is 10.2. The van der Waals surface area contributed by atoms with Crippen molar-refractivity contribution in [1.82, 2.24) is 0 Å². The van der Waals surface area contributed by atoms with E-state index in [9.17, 15) is 0 Å². The molecule has 12 heavy (non-hydrogen) atoms. The van der Waals surface area contributed by atoms with Crippen LogP contribution in [0.1, 0.15) is 32.1 Å². The van der Waals surface area contributed by atoms with Crippen LogP contribution in [0, 0.1) is 0 Å². The van der Waals surface area contributed by atoms with Gasteiger partial charge in [-0.25, -0.2) is 0 Å². The zero-order valence-corrected chi connectivity index (χ0v) is 9.90. The molecule has 0 aliphatic heterocycles. The molecule has 1 N–H and O–H groups in total. The first kappa shape index (κ1) is 12.2. The van der Waals surface area contributed by atoms with E-state index in [-0.39, 0.29) is 0 Å². The van der Waals surface area contributed by atoms with Crippen molar-refractivity contribution in [2.24, 2.45) is 0 Å². The average Bonchev–Trinajstić information content (AvgIpc) is 1.94. The molecular formula is C10H24OSi. The molecule has 0 aromatic carbocycles. The van der Waals surface area contributed by atoms with Crippen molar-refractivity contribution < 1.29 is 5.11 Å². The van der Waals surface area contributed by atoms with Crippen LogP contribution in [-0.4, -0.2) is 19.8 Å². The van der Waals surface area contributed by atoms with Crippen molar-refractivity contribution >= 4 is 8.07 Å². The molecule has 0 radical (unpaired) electrons. The second kappa shape index (κ2) is 6.67. The van der Waals surface area contributed by atoms with Gasteiger partial charge >= 0.3 is 0 Å². The third-order valence-electron chi connectivity index (χ3n) is 2.08. The first-order valence-corrected chi connectivity index (χ1v) is 8.88. The highest BCUT2D eigenvalue weighted by Crippen LogP contribution is 2.14. The molecule has 0 atom stereocenters. The summed E-state index contributed by atoms with van der Waals surface area (Å²) in [5.41, 5.74) is 0. The maximum Gasteiger partial charge on any atom is 0.0442 e. The first-order chi connectivity index (χ1) is 5.56. The Labute approximate surface area is 78.2 Å². The van der Waals surface area contributed by atoms with Gasteiger partial charge in [-0.1, -0.05) is 51.4 Å². The minimum absolute atomic E-state index is 0.369. The molecule has 0 aromatic heterocycles. The van der Waals surface area contributed by atoms with E-state index in [0.717, 1.165) is 6.42 Å². The van der Waals surface area contributed by atoms with Gasteiger partial charge in [-0.05, 0) is 6.42 Å². The Kier molecular flexibility index (Phi) is 6.77. The summed E-state index contributed by atoms with van der Waals surface area (Å²) in [5, 5.41) is 8.56. The summed E-state index contributed by atoms with van der Waals surface area (Å²) < 4.78 is 0. The van der Waals surface area contributed by atoms with Crippen molar-refractivity contribution in [3.05, 3.63) is 0 Å². The quantitative estimate of drug-likeness (QED) is 0.480. The molecule has 2 heteroatoms. The van der Waals surface area contributed by atoms with Crippen LogP contribution in [0.3, 0.4) is 0 Å². The molecule has 0 aromatic rings. The zero-order valence-electron chi connectivity index (χ0n) is 8.90. The summed E-state index contributed by atoms with van der Waals surface area (Å²) in [6.07, 6.45) is 6.28. The van der Waals surface area contributed by atoms with Crippen LogP contribution < -0.4 is 0 Å². The lowest BCUT2D eigenvalue weighted by molar-refractivity contribution is 0.282. The van der Waals surface area contributed by atoms with Gasteiger partial charge in [-0.15, -0.1) is 0 Å². The van der Waals surface area contributed by atoms with Gasteiger partial charge in [-0.2, -0.15) is 0 Å². The fraction of sp³-hybridized carbons (Fsp3) is 1.00. The largest absolute Gasteiger partial charge is 0.396 e. The Hall–Kier alpha value is 0.177. The fourth-order valence-electron chi connectivity index (χ4n) is 1.30. The number of hydrogen-bond acceptors (Lipinski definition) is 1. The lowest BCUT2D eigenvalue weighted by Crippen LogP contribution is -2.18. The monoisotopic (exact) mass is 188 g/mol. The number of aliphatic hydroxyl groups excluding tert-OH is 1. The van der Waals surface area contributed by atoms with Gasteiger partial charge in [-0.3, -0.25) is 0 Å². The first-order valence-electron chi connectivity index (χ1n) is 5.17. The van der Waals surface area contributed by atoms with E-state index >= 15 is 0 Å². The Bertz CT molecular complexity index is 96.5. The molecule has 0 unspecified atom stereocenters. The fourth-order valence-corrected chi connectivity index (χ4v) is 2.61. The molecule has 0 rings (SSSR count). The molecule has 0 fully saturated rings. The van der Waals surface area contributed by atoms with E-state index in [1.165, 1.54) is 31.7 Å². The van der Waals surface area contributed by atoms with Crippen molar-refractivity contribution in [2.45, 2.75) is 57.8 Å².